The monoisotopic (exact) mass is 662 g/mol. The van der Waals surface area contributed by atoms with Gasteiger partial charge in [-0.05, 0) is 57.5 Å². The van der Waals surface area contributed by atoms with E-state index in [9.17, 15) is 19.5 Å². The van der Waals surface area contributed by atoms with E-state index in [0.29, 0.717) is 17.6 Å². The number of hydrogen-bond donors (Lipinski definition) is 7. The summed E-state index contributed by atoms with van der Waals surface area (Å²) >= 11 is 11.7. The van der Waals surface area contributed by atoms with Gasteiger partial charge < -0.3 is 36.0 Å². The number of rotatable bonds is 10. The topological polar surface area (TPSA) is 248 Å². The van der Waals surface area contributed by atoms with Crippen molar-refractivity contribution in [1.29, 1.82) is 0 Å². The fraction of sp³-hybridized carbons (Fsp3) is 0.333. The molecule has 3 rings (SSSR count). The fourth-order valence-corrected chi connectivity index (χ4v) is 3.46. The number of carboxylic acids is 1. The molecule has 0 saturated carbocycles. The highest BCUT2D eigenvalue weighted by Crippen LogP contribution is 2.38. The Bertz CT molecular complexity index is 1410. The first-order valence-corrected chi connectivity index (χ1v) is 14.8. The van der Waals surface area contributed by atoms with Crippen LogP contribution >= 0.6 is 30.8 Å². The van der Waals surface area contributed by atoms with Crippen molar-refractivity contribution in [3.05, 3.63) is 62.9 Å². The smallest absolute Gasteiger partial charge is 0.339 e. The number of halogens is 2. The number of ether oxygens (including phenoxy) is 1. The average Bonchev–Trinajstić information content (AvgIpc) is 2.86. The average molecular weight is 663 g/mol. The van der Waals surface area contributed by atoms with Crippen molar-refractivity contribution >= 4 is 60.0 Å². The minimum Gasteiger partial charge on any atom is -0.480 e. The summed E-state index contributed by atoms with van der Waals surface area (Å²) in [5, 5.41) is 27.1. The largest absolute Gasteiger partial charge is 0.480 e. The fourth-order valence-electron chi connectivity index (χ4n) is 2.70. The number of para-hydroxylation sites is 1. The summed E-state index contributed by atoms with van der Waals surface area (Å²) in [7, 11) is -4.10. The molecule has 0 aliphatic rings. The number of carboxylic acid groups (broad SMARTS) is 1. The number of nitro groups is 1. The standard InChI is InChI=1S/C12H9ClN2O3.C9H16ClN5.C3H8NO5P/c13-11-10(18-8-4-2-1-3-5-8)7-6-9(12(11)14)15(16)17;1-5-11-7-12-6(10)13-8(14-7)15-9(2,3)4;5-3(6)1-4-2-10(7,8)9/h1-7H,14H2;5H2,1-4H3,(H2,11,12,13,14,15);4H,1-2H2,(H,5,6)(H2,7,8,9). The SMILES string of the molecule is CCNc1nc(Cl)nc(NC(C)(C)C)n1.Nc1c([N+](=O)[O-])ccc(Oc2ccccc2)c1Cl.O=C(O)CNCP(=O)(O)O. The third-order valence-corrected chi connectivity index (χ3v) is 5.51. The second-order valence-electron chi connectivity index (χ2n) is 9.28. The lowest BCUT2D eigenvalue weighted by atomic mass is 10.1. The lowest BCUT2D eigenvalue weighted by Gasteiger charge is -2.20. The summed E-state index contributed by atoms with van der Waals surface area (Å²) in [4.78, 5) is 48.3. The van der Waals surface area contributed by atoms with Crippen molar-refractivity contribution in [3.8, 4) is 11.5 Å². The molecule has 0 bridgehead atoms. The Hall–Kier alpha value is -3.79. The molecule has 1 heterocycles. The first-order chi connectivity index (χ1) is 19.9. The van der Waals surface area contributed by atoms with E-state index in [1.165, 1.54) is 12.1 Å². The highest BCUT2D eigenvalue weighted by atomic mass is 35.5. The lowest BCUT2D eigenvalue weighted by molar-refractivity contribution is -0.383. The summed E-state index contributed by atoms with van der Waals surface area (Å²) < 4.78 is 15.5. The number of nitro benzene ring substituents is 1. The van der Waals surface area contributed by atoms with Gasteiger partial charge in [-0.25, -0.2) is 0 Å². The van der Waals surface area contributed by atoms with Gasteiger partial charge in [-0.2, -0.15) is 15.0 Å². The number of nitrogens with zero attached hydrogens (tertiary/aromatic N) is 4. The number of carbonyl (C=O) groups is 1. The minimum absolute atomic E-state index is 0.0352. The molecule has 0 spiro atoms. The summed E-state index contributed by atoms with van der Waals surface area (Å²) in [5.74, 6) is 0.690. The molecule has 2 aromatic carbocycles. The molecule has 0 amide bonds. The molecule has 0 unspecified atom stereocenters. The maximum absolute atomic E-state index is 10.7. The van der Waals surface area contributed by atoms with Crippen LogP contribution in [0.15, 0.2) is 42.5 Å². The van der Waals surface area contributed by atoms with Crippen molar-refractivity contribution in [2.45, 2.75) is 33.2 Å². The van der Waals surface area contributed by atoms with Gasteiger partial charge in [0.15, 0.2) is 0 Å². The highest BCUT2D eigenvalue weighted by molar-refractivity contribution is 7.51. The van der Waals surface area contributed by atoms with Gasteiger partial charge in [-0.1, -0.05) is 29.8 Å². The zero-order valence-electron chi connectivity index (χ0n) is 23.6. The Morgan fingerprint density at radius 3 is 2.21 bits per heavy atom. The van der Waals surface area contributed by atoms with E-state index in [0.717, 1.165) is 6.54 Å². The third kappa shape index (κ3) is 15.9. The van der Waals surface area contributed by atoms with Gasteiger partial charge in [0.1, 0.15) is 22.2 Å². The molecule has 0 fully saturated rings. The first kappa shape index (κ1) is 37.2. The van der Waals surface area contributed by atoms with Crippen molar-refractivity contribution in [1.82, 2.24) is 20.3 Å². The van der Waals surface area contributed by atoms with E-state index < -0.39 is 31.3 Å². The summed E-state index contributed by atoms with van der Waals surface area (Å²) in [5.41, 5.74) is 5.14. The van der Waals surface area contributed by atoms with E-state index in [2.05, 4.69) is 30.9 Å². The van der Waals surface area contributed by atoms with Gasteiger partial charge >= 0.3 is 13.6 Å². The lowest BCUT2D eigenvalue weighted by Crippen LogP contribution is -2.27. The van der Waals surface area contributed by atoms with E-state index in [1.54, 1.807) is 24.3 Å². The van der Waals surface area contributed by atoms with Crippen LogP contribution in [0.5, 0.6) is 11.5 Å². The van der Waals surface area contributed by atoms with Crippen LogP contribution in [0.1, 0.15) is 27.7 Å². The predicted molar refractivity (Wildman–Crippen MR) is 164 cm³/mol. The number of aliphatic carboxylic acids is 1. The Kier molecular flexibility index (Phi) is 15.0. The molecule has 236 valence electrons. The molecule has 0 saturated heterocycles. The van der Waals surface area contributed by atoms with Crippen LogP contribution in [-0.2, 0) is 9.36 Å². The molecule has 0 radical (unpaired) electrons. The van der Waals surface area contributed by atoms with E-state index in [4.69, 9.17) is 48.6 Å². The number of benzene rings is 2. The van der Waals surface area contributed by atoms with Crippen molar-refractivity contribution in [3.63, 3.8) is 0 Å². The second-order valence-corrected chi connectivity index (χ2v) is 11.6. The third-order valence-electron chi connectivity index (χ3n) is 4.31. The molecule has 0 atom stereocenters. The number of anilines is 3. The van der Waals surface area contributed by atoms with Crippen LogP contribution in [0.3, 0.4) is 0 Å². The maximum atomic E-state index is 10.7. The second kappa shape index (κ2) is 17.4. The molecular weight excluding hydrogens is 630 g/mol. The Morgan fingerprint density at radius 2 is 1.70 bits per heavy atom. The van der Waals surface area contributed by atoms with Crippen molar-refractivity contribution in [2.75, 3.05) is 35.7 Å². The predicted octanol–water partition coefficient (Wildman–Crippen LogP) is 4.59. The van der Waals surface area contributed by atoms with Gasteiger partial charge in [0.05, 0.1) is 17.8 Å². The number of nitrogen functional groups attached to an aromatic ring is 1. The number of hydrogen-bond acceptors (Lipinski definition) is 12. The van der Waals surface area contributed by atoms with Crippen LogP contribution in [0, 0.1) is 10.1 Å². The van der Waals surface area contributed by atoms with Crippen LogP contribution in [0.25, 0.3) is 0 Å². The molecular formula is C24H33Cl2N8O8P. The molecule has 1 aromatic heterocycles. The Morgan fingerprint density at radius 1 is 1.09 bits per heavy atom. The van der Waals surface area contributed by atoms with E-state index in [1.807, 2.05) is 33.8 Å². The molecule has 16 nitrogen and oxygen atoms in total. The van der Waals surface area contributed by atoms with Crippen LogP contribution < -0.4 is 26.4 Å². The van der Waals surface area contributed by atoms with E-state index >= 15 is 0 Å². The Labute approximate surface area is 257 Å². The molecule has 43 heavy (non-hydrogen) atoms. The molecule has 19 heteroatoms. The van der Waals surface area contributed by atoms with Gasteiger partial charge in [-0.15, -0.1) is 0 Å². The number of nitrogens with one attached hydrogen (secondary N) is 3. The van der Waals surface area contributed by atoms with Gasteiger partial charge in [0.25, 0.3) is 5.69 Å². The van der Waals surface area contributed by atoms with Gasteiger partial charge in [0.2, 0.25) is 17.2 Å². The summed E-state index contributed by atoms with van der Waals surface area (Å²) in [6.07, 6.45) is -0.598. The van der Waals surface area contributed by atoms with Crippen molar-refractivity contribution < 1.29 is 33.9 Å². The minimum atomic E-state index is -4.10. The Balaban J connectivity index is 0.000000337. The number of aromatic nitrogens is 3. The van der Waals surface area contributed by atoms with Crippen molar-refractivity contribution in [2.24, 2.45) is 0 Å². The summed E-state index contributed by atoms with van der Waals surface area (Å²) in [6, 6.07) is 11.6. The first-order valence-electron chi connectivity index (χ1n) is 12.3. The zero-order valence-corrected chi connectivity index (χ0v) is 26.0. The number of nitrogens with two attached hydrogens (primary N) is 1. The molecule has 3 aromatic rings. The normalized spacial score (nSPS) is 10.8. The maximum Gasteiger partial charge on any atom is 0.339 e. The van der Waals surface area contributed by atoms with Crippen LogP contribution in [-0.4, -0.2) is 65.7 Å². The molecule has 0 aliphatic carbocycles. The highest BCUT2D eigenvalue weighted by Gasteiger charge is 2.18. The molecule has 8 N–H and O–H groups in total. The van der Waals surface area contributed by atoms with Gasteiger partial charge in [0, 0.05) is 18.2 Å². The van der Waals surface area contributed by atoms with Crippen LogP contribution in [0.4, 0.5) is 23.3 Å². The zero-order chi connectivity index (χ0) is 32.8. The molecule has 0 aliphatic heterocycles. The van der Waals surface area contributed by atoms with Gasteiger partial charge in [-0.3, -0.25) is 24.8 Å². The quantitative estimate of drug-likeness (QED) is 0.0678. The summed E-state index contributed by atoms with van der Waals surface area (Å²) in [6.45, 7) is 8.35. The van der Waals surface area contributed by atoms with E-state index in [-0.39, 0.29) is 33.0 Å². The van der Waals surface area contributed by atoms with Crippen LogP contribution in [0.2, 0.25) is 10.3 Å².